The number of carbonyl (C=O) groups excluding carboxylic acids is 1. The Kier molecular flexibility index (Phi) is 6.60. The lowest BCUT2D eigenvalue weighted by Gasteiger charge is -2.13. The van der Waals surface area contributed by atoms with Gasteiger partial charge < -0.3 is 10.2 Å². The van der Waals surface area contributed by atoms with E-state index >= 15 is 0 Å². The van der Waals surface area contributed by atoms with E-state index in [0.29, 0.717) is 11.3 Å². The van der Waals surface area contributed by atoms with E-state index < -0.39 is 12.7 Å². The topological polar surface area (TPSA) is 75.9 Å². The number of halogens is 3. The van der Waals surface area contributed by atoms with E-state index in [1.54, 1.807) is 24.3 Å². The Morgan fingerprint density at radius 1 is 1.10 bits per heavy atom. The molecule has 11 heteroatoms. The molecule has 1 amide bonds. The molecule has 3 rings (SSSR count). The predicted octanol–water partition coefficient (Wildman–Crippen LogP) is 3.70. The van der Waals surface area contributed by atoms with Gasteiger partial charge in [-0.25, -0.2) is 0 Å². The second-order valence-corrected chi connectivity index (χ2v) is 7.46. The molecular weight excluding hydrogens is 417 g/mol. The predicted molar refractivity (Wildman–Crippen MR) is 109 cm³/mol. The Labute approximate surface area is 175 Å². The van der Waals surface area contributed by atoms with Gasteiger partial charge in [0.2, 0.25) is 5.91 Å². The summed E-state index contributed by atoms with van der Waals surface area (Å²) < 4.78 is 40.2. The van der Waals surface area contributed by atoms with Crippen molar-refractivity contribution in [2.24, 2.45) is 0 Å². The Balaban J connectivity index is 1.71. The van der Waals surface area contributed by atoms with Gasteiger partial charge in [-0.05, 0) is 36.4 Å². The van der Waals surface area contributed by atoms with Crippen molar-refractivity contribution in [3.63, 3.8) is 0 Å². The van der Waals surface area contributed by atoms with Crippen molar-refractivity contribution in [2.75, 3.05) is 30.1 Å². The molecule has 2 heterocycles. The summed E-state index contributed by atoms with van der Waals surface area (Å²) >= 11 is 0.892. The van der Waals surface area contributed by atoms with Crippen LogP contribution in [0.15, 0.2) is 53.9 Å². The maximum atomic E-state index is 13.1. The number of aromatic nitrogens is 4. The van der Waals surface area contributed by atoms with Crippen LogP contribution in [0.2, 0.25) is 0 Å². The van der Waals surface area contributed by atoms with E-state index in [-0.39, 0.29) is 22.6 Å². The standard InChI is InChI=1S/C19H19F3N6OS/c1-27(2)15-5-3-14(4-6-15)24-16(29)11-30-18-26-25-17(13-7-9-23-10-8-13)28(18)12-19(20,21)22/h3-10H,11-12H2,1-2H3,(H,24,29). The number of benzene rings is 1. The molecule has 3 aromatic rings. The van der Waals surface area contributed by atoms with Crippen LogP contribution in [-0.2, 0) is 11.3 Å². The van der Waals surface area contributed by atoms with Gasteiger partial charge in [0, 0.05) is 43.4 Å². The Bertz CT molecular complexity index is 990. The first-order chi connectivity index (χ1) is 14.2. The molecule has 30 heavy (non-hydrogen) atoms. The minimum Gasteiger partial charge on any atom is -0.378 e. The number of nitrogens with one attached hydrogen (secondary N) is 1. The van der Waals surface area contributed by atoms with Crippen LogP contribution in [0, 0.1) is 0 Å². The molecule has 0 bridgehead atoms. The van der Waals surface area contributed by atoms with Crippen LogP contribution < -0.4 is 10.2 Å². The van der Waals surface area contributed by atoms with Gasteiger partial charge in [-0.1, -0.05) is 11.8 Å². The maximum Gasteiger partial charge on any atom is 0.406 e. The zero-order valence-corrected chi connectivity index (χ0v) is 17.0. The zero-order valence-electron chi connectivity index (χ0n) is 16.2. The molecule has 0 atom stereocenters. The third-order valence-corrected chi connectivity index (χ3v) is 4.96. The first-order valence-electron chi connectivity index (χ1n) is 8.83. The smallest absolute Gasteiger partial charge is 0.378 e. The first-order valence-corrected chi connectivity index (χ1v) is 9.82. The molecule has 1 aromatic carbocycles. The zero-order chi connectivity index (χ0) is 21.7. The van der Waals surface area contributed by atoms with Gasteiger partial charge in [0.05, 0.1) is 5.75 Å². The molecule has 0 aliphatic carbocycles. The number of thioether (sulfide) groups is 1. The molecule has 0 saturated heterocycles. The lowest BCUT2D eigenvalue weighted by Crippen LogP contribution is -2.20. The highest BCUT2D eigenvalue weighted by Gasteiger charge is 2.31. The van der Waals surface area contributed by atoms with Crippen molar-refractivity contribution in [2.45, 2.75) is 17.9 Å². The number of pyridine rings is 1. The molecule has 7 nitrogen and oxygen atoms in total. The molecule has 0 unspecified atom stereocenters. The Morgan fingerprint density at radius 2 is 1.77 bits per heavy atom. The van der Waals surface area contributed by atoms with E-state index in [1.165, 1.54) is 12.4 Å². The summed E-state index contributed by atoms with van der Waals surface area (Å²) in [6, 6.07) is 10.3. The summed E-state index contributed by atoms with van der Waals surface area (Å²) in [5.74, 6) is -0.400. The van der Waals surface area contributed by atoms with Crippen LogP contribution in [0.5, 0.6) is 0 Å². The molecule has 1 N–H and O–H groups in total. The van der Waals surface area contributed by atoms with Gasteiger partial charge in [0.25, 0.3) is 0 Å². The van der Waals surface area contributed by atoms with Gasteiger partial charge in [0.1, 0.15) is 6.54 Å². The number of rotatable bonds is 7. The molecule has 2 aromatic heterocycles. The summed E-state index contributed by atoms with van der Waals surface area (Å²) in [6.07, 6.45) is -1.54. The fourth-order valence-corrected chi connectivity index (χ4v) is 3.34. The summed E-state index contributed by atoms with van der Waals surface area (Å²) in [7, 11) is 3.81. The number of amides is 1. The molecule has 0 fully saturated rings. The van der Waals surface area contributed by atoms with E-state index in [0.717, 1.165) is 22.0 Å². The summed E-state index contributed by atoms with van der Waals surface area (Å²) in [5.41, 5.74) is 2.03. The van der Waals surface area contributed by atoms with Crippen LogP contribution in [0.25, 0.3) is 11.4 Å². The number of hydrogen-bond donors (Lipinski definition) is 1. The molecule has 0 aliphatic heterocycles. The summed E-state index contributed by atoms with van der Waals surface area (Å²) in [4.78, 5) is 18.0. The van der Waals surface area contributed by atoms with E-state index in [2.05, 4.69) is 20.5 Å². The van der Waals surface area contributed by atoms with E-state index in [1.807, 2.05) is 31.1 Å². The molecule has 0 aliphatic rings. The fourth-order valence-electron chi connectivity index (χ4n) is 2.60. The minimum absolute atomic E-state index is 0.0113. The molecular formula is C19H19F3N6OS. The lowest BCUT2D eigenvalue weighted by atomic mass is 10.2. The number of alkyl halides is 3. The van der Waals surface area contributed by atoms with Crippen LogP contribution in [0.1, 0.15) is 0 Å². The molecule has 158 valence electrons. The van der Waals surface area contributed by atoms with Crippen LogP contribution in [0.3, 0.4) is 0 Å². The highest BCUT2D eigenvalue weighted by molar-refractivity contribution is 7.99. The number of nitrogens with zero attached hydrogens (tertiary/aromatic N) is 5. The molecule has 0 saturated carbocycles. The van der Waals surface area contributed by atoms with Crippen molar-refractivity contribution in [1.29, 1.82) is 0 Å². The normalized spacial score (nSPS) is 11.4. The Hall–Kier alpha value is -3.08. The van der Waals surface area contributed by atoms with Gasteiger partial charge in [0.15, 0.2) is 11.0 Å². The first kappa shape index (κ1) is 21.6. The van der Waals surface area contributed by atoms with Crippen LogP contribution in [-0.4, -0.2) is 51.7 Å². The summed E-state index contributed by atoms with van der Waals surface area (Å²) in [6.45, 7) is -1.26. The van der Waals surface area contributed by atoms with Gasteiger partial charge >= 0.3 is 6.18 Å². The SMILES string of the molecule is CN(C)c1ccc(NC(=O)CSc2nnc(-c3ccncc3)n2CC(F)(F)F)cc1. The third kappa shape index (κ3) is 5.72. The minimum atomic E-state index is -4.46. The van der Waals surface area contributed by atoms with Crippen molar-refractivity contribution in [1.82, 2.24) is 19.7 Å². The summed E-state index contributed by atoms with van der Waals surface area (Å²) in [5, 5.41) is 10.5. The van der Waals surface area contributed by atoms with E-state index in [4.69, 9.17) is 0 Å². The highest BCUT2D eigenvalue weighted by Crippen LogP contribution is 2.28. The quantitative estimate of drug-likeness (QED) is 0.570. The average Bonchev–Trinajstić information content (AvgIpc) is 3.08. The van der Waals surface area contributed by atoms with Crippen LogP contribution >= 0.6 is 11.8 Å². The van der Waals surface area contributed by atoms with Gasteiger partial charge in [-0.2, -0.15) is 13.2 Å². The van der Waals surface area contributed by atoms with Crippen molar-refractivity contribution in [3.8, 4) is 11.4 Å². The second kappa shape index (κ2) is 9.16. The number of carbonyl (C=O) groups is 1. The third-order valence-electron chi connectivity index (χ3n) is 3.99. The van der Waals surface area contributed by atoms with Crippen LogP contribution in [0.4, 0.5) is 24.5 Å². The van der Waals surface area contributed by atoms with Gasteiger partial charge in [-0.15, -0.1) is 10.2 Å². The lowest BCUT2D eigenvalue weighted by molar-refractivity contribution is -0.141. The Morgan fingerprint density at radius 3 is 2.37 bits per heavy atom. The van der Waals surface area contributed by atoms with Crippen molar-refractivity contribution >= 4 is 29.0 Å². The fraction of sp³-hybridized carbons (Fsp3) is 0.263. The number of anilines is 2. The monoisotopic (exact) mass is 436 g/mol. The largest absolute Gasteiger partial charge is 0.406 e. The molecule has 0 spiro atoms. The second-order valence-electron chi connectivity index (χ2n) is 6.52. The molecule has 0 radical (unpaired) electrons. The van der Waals surface area contributed by atoms with Crippen molar-refractivity contribution in [3.05, 3.63) is 48.8 Å². The van der Waals surface area contributed by atoms with Crippen molar-refractivity contribution < 1.29 is 18.0 Å². The maximum absolute atomic E-state index is 13.1. The van der Waals surface area contributed by atoms with Gasteiger partial charge in [-0.3, -0.25) is 14.3 Å². The average molecular weight is 436 g/mol. The highest BCUT2D eigenvalue weighted by atomic mass is 32.2. The number of hydrogen-bond acceptors (Lipinski definition) is 6. The van der Waals surface area contributed by atoms with E-state index in [9.17, 15) is 18.0 Å².